The molecule has 14 heavy (non-hydrogen) atoms. The highest BCUT2D eigenvalue weighted by Crippen LogP contribution is 2.34. The van der Waals surface area contributed by atoms with E-state index in [1.54, 1.807) is 11.3 Å². The van der Waals surface area contributed by atoms with Crippen molar-refractivity contribution in [2.75, 3.05) is 0 Å². The Bertz CT molecular complexity index is 301. The average molecular weight is 210 g/mol. The van der Waals surface area contributed by atoms with Crippen molar-refractivity contribution >= 4 is 11.3 Å². The molecule has 4 heteroatoms. The zero-order valence-corrected chi connectivity index (χ0v) is 8.80. The Balaban J connectivity index is 1.54. The van der Waals surface area contributed by atoms with Gasteiger partial charge in [0.1, 0.15) is 5.01 Å². The second-order valence-corrected chi connectivity index (χ2v) is 5.00. The van der Waals surface area contributed by atoms with E-state index in [1.807, 2.05) is 11.6 Å². The van der Waals surface area contributed by atoms with Crippen LogP contribution in [0.2, 0.25) is 0 Å². The van der Waals surface area contributed by atoms with Gasteiger partial charge in [0.05, 0.1) is 12.2 Å². The fourth-order valence-electron chi connectivity index (χ4n) is 2.41. The summed E-state index contributed by atoms with van der Waals surface area (Å²) in [5.41, 5.74) is 0. The van der Waals surface area contributed by atoms with Crippen LogP contribution < -0.4 is 5.32 Å². The molecular formula is C10H14N2OS. The van der Waals surface area contributed by atoms with Gasteiger partial charge >= 0.3 is 0 Å². The highest BCUT2D eigenvalue weighted by Gasteiger charge is 2.40. The maximum absolute atomic E-state index is 5.78. The van der Waals surface area contributed by atoms with Crippen molar-refractivity contribution in [3.8, 4) is 0 Å². The molecular weight excluding hydrogens is 196 g/mol. The minimum absolute atomic E-state index is 0.472. The fourth-order valence-corrected chi connectivity index (χ4v) is 2.98. The van der Waals surface area contributed by atoms with Crippen LogP contribution in [0.15, 0.2) is 11.6 Å². The van der Waals surface area contributed by atoms with Crippen molar-refractivity contribution in [3.05, 3.63) is 16.6 Å². The van der Waals surface area contributed by atoms with Crippen LogP contribution in [0.25, 0.3) is 0 Å². The molecule has 2 aliphatic heterocycles. The van der Waals surface area contributed by atoms with Gasteiger partial charge in [-0.2, -0.15) is 0 Å². The predicted octanol–water partition coefficient (Wildman–Crippen LogP) is 1.55. The molecule has 3 unspecified atom stereocenters. The normalized spacial score (nSPS) is 35.3. The molecule has 2 aliphatic rings. The molecule has 1 N–H and O–H groups in total. The molecule has 0 amide bonds. The number of nitrogens with one attached hydrogen (secondary N) is 1. The SMILES string of the molecule is c1csc(CNC2CC3CCC2O3)n1. The summed E-state index contributed by atoms with van der Waals surface area (Å²) in [7, 11) is 0. The number of ether oxygens (including phenoxy) is 1. The molecule has 1 aromatic heterocycles. The second kappa shape index (κ2) is 3.61. The molecule has 3 rings (SSSR count). The minimum atomic E-state index is 0.472. The number of aromatic nitrogens is 1. The lowest BCUT2D eigenvalue weighted by Crippen LogP contribution is -2.36. The lowest BCUT2D eigenvalue weighted by Gasteiger charge is -2.19. The molecule has 0 aromatic carbocycles. The van der Waals surface area contributed by atoms with Crippen molar-refractivity contribution in [1.29, 1.82) is 0 Å². The Morgan fingerprint density at radius 3 is 3.21 bits per heavy atom. The van der Waals surface area contributed by atoms with Crippen LogP contribution in [0.5, 0.6) is 0 Å². The first-order valence-electron chi connectivity index (χ1n) is 5.19. The number of thiazole rings is 1. The van der Waals surface area contributed by atoms with Crippen molar-refractivity contribution < 1.29 is 4.74 Å². The Morgan fingerprint density at radius 1 is 1.57 bits per heavy atom. The van der Waals surface area contributed by atoms with Crippen LogP contribution in [-0.4, -0.2) is 23.2 Å². The molecule has 3 atom stereocenters. The molecule has 76 valence electrons. The summed E-state index contributed by atoms with van der Waals surface area (Å²) in [4.78, 5) is 4.25. The van der Waals surface area contributed by atoms with E-state index in [0.29, 0.717) is 18.2 Å². The zero-order chi connectivity index (χ0) is 9.38. The number of hydrogen-bond donors (Lipinski definition) is 1. The summed E-state index contributed by atoms with van der Waals surface area (Å²) in [5.74, 6) is 0. The van der Waals surface area contributed by atoms with Crippen molar-refractivity contribution in [3.63, 3.8) is 0 Å². The van der Waals surface area contributed by atoms with Crippen molar-refractivity contribution in [2.24, 2.45) is 0 Å². The Labute approximate surface area is 87.5 Å². The van der Waals surface area contributed by atoms with E-state index < -0.39 is 0 Å². The van der Waals surface area contributed by atoms with Crippen LogP contribution in [-0.2, 0) is 11.3 Å². The number of nitrogens with zero attached hydrogens (tertiary/aromatic N) is 1. The molecule has 0 saturated carbocycles. The van der Waals surface area contributed by atoms with Crippen LogP contribution in [0.4, 0.5) is 0 Å². The van der Waals surface area contributed by atoms with Crippen LogP contribution in [0.3, 0.4) is 0 Å². The topological polar surface area (TPSA) is 34.1 Å². The van der Waals surface area contributed by atoms with Crippen molar-refractivity contribution in [2.45, 2.75) is 44.1 Å². The quantitative estimate of drug-likeness (QED) is 0.822. The third kappa shape index (κ3) is 1.58. The zero-order valence-electron chi connectivity index (χ0n) is 7.98. The number of hydrogen-bond acceptors (Lipinski definition) is 4. The Kier molecular flexibility index (Phi) is 2.27. The van der Waals surface area contributed by atoms with E-state index in [2.05, 4.69) is 10.3 Å². The summed E-state index contributed by atoms with van der Waals surface area (Å²) in [5, 5.41) is 6.73. The van der Waals surface area contributed by atoms with Gasteiger partial charge in [-0.15, -0.1) is 11.3 Å². The van der Waals surface area contributed by atoms with Crippen LogP contribution >= 0.6 is 11.3 Å². The van der Waals surface area contributed by atoms with E-state index in [9.17, 15) is 0 Å². The molecule has 1 aromatic rings. The monoisotopic (exact) mass is 210 g/mol. The molecule has 0 aliphatic carbocycles. The summed E-state index contributed by atoms with van der Waals surface area (Å²) in [6.07, 6.45) is 6.56. The number of fused-ring (bicyclic) bond motifs is 2. The summed E-state index contributed by atoms with van der Waals surface area (Å²) in [6, 6.07) is 0.567. The molecule has 2 saturated heterocycles. The van der Waals surface area contributed by atoms with Gasteiger partial charge in [0.15, 0.2) is 0 Å². The van der Waals surface area contributed by atoms with Gasteiger partial charge in [0.25, 0.3) is 0 Å². The summed E-state index contributed by atoms with van der Waals surface area (Å²) in [6.45, 7) is 0.898. The van der Waals surface area contributed by atoms with E-state index in [4.69, 9.17) is 4.74 Å². The number of rotatable bonds is 3. The molecule has 2 bridgehead atoms. The maximum Gasteiger partial charge on any atom is 0.106 e. The molecule has 0 spiro atoms. The third-order valence-electron chi connectivity index (χ3n) is 3.10. The van der Waals surface area contributed by atoms with E-state index >= 15 is 0 Å². The largest absolute Gasteiger partial charge is 0.373 e. The standard InChI is InChI=1S/C10H14N2OS/c1-2-9-8(5-7(1)13-9)12-6-10-11-3-4-14-10/h3-4,7-9,12H,1-2,5-6H2. The summed E-state index contributed by atoms with van der Waals surface area (Å²) >= 11 is 1.71. The van der Waals surface area contributed by atoms with Crippen LogP contribution in [0.1, 0.15) is 24.3 Å². The van der Waals surface area contributed by atoms with Crippen molar-refractivity contribution in [1.82, 2.24) is 10.3 Å². The second-order valence-electron chi connectivity index (χ2n) is 4.02. The van der Waals surface area contributed by atoms with Gasteiger partial charge < -0.3 is 10.1 Å². The smallest absolute Gasteiger partial charge is 0.106 e. The van der Waals surface area contributed by atoms with Gasteiger partial charge in [-0.1, -0.05) is 0 Å². The Morgan fingerprint density at radius 2 is 2.57 bits per heavy atom. The van der Waals surface area contributed by atoms with Gasteiger partial charge in [0.2, 0.25) is 0 Å². The Hall–Kier alpha value is -0.450. The van der Waals surface area contributed by atoms with E-state index in [0.717, 1.165) is 6.54 Å². The summed E-state index contributed by atoms with van der Waals surface area (Å²) < 4.78 is 5.78. The van der Waals surface area contributed by atoms with Gasteiger partial charge in [-0.25, -0.2) is 4.98 Å². The van der Waals surface area contributed by atoms with Gasteiger partial charge in [0, 0.05) is 24.2 Å². The molecule has 3 nitrogen and oxygen atoms in total. The lowest BCUT2D eigenvalue weighted by molar-refractivity contribution is 0.0973. The first-order chi connectivity index (χ1) is 6.92. The third-order valence-corrected chi connectivity index (χ3v) is 3.88. The van der Waals surface area contributed by atoms with Gasteiger partial charge in [-0.3, -0.25) is 0 Å². The lowest BCUT2D eigenvalue weighted by atomic mass is 9.95. The highest BCUT2D eigenvalue weighted by atomic mass is 32.1. The fraction of sp³-hybridized carbons (Fsp3) is 0.700. The predicted molar refractivity (Wildman–Crippen MR) is 55.3 cm³/mol. The molecule has 3 heterocycles. The molecule has 2 fully saturated rings. The van der Waals surface area contributed by atoms with Crippen LogP contribution in [0, 0.1) is 0 Å². The first-order valence-corrected chi connectivity index (χ1v) is 6.07. The minimum Gasteiger partial charge on any atom is -0.373 e. The first kappa shape index (κ1) is 8.83. The average Bonchev–Trinajstić information content (AvgIpc) is 2.91. The van der Waals surface area contributed by atoms with E-state index in [1.165, 1.54) is 24.3 Å². The molecule has 0 radical (unpaired) electrons. The van der Waals surface area contributed by atoms with E-state index in [-0.39, 0.29) is 0 Å². The maximum atomic E-state index is 5.78. The van der Waals surface area contributed by atoms with Gasteiger partial charge in [-0.05, 0) is 19.3 Å². The highest BCUT2D eigenvalue weighted by molar-refractivity contribution is 7.09.